The van der Waals surface area contributed by atoms with E-state index in [1.54, 1.807) is 0 Å². The summed E-state index contributed by atoms with van der Waals surface area (Å²) in [5.41, 5.74) is 0.723. The van der Waals surface area contributed by atoms with E-state index in [9.17, 15) is 14.7 Å². The van der Waals surface area contributed by atoms with Gasteiger partial charge in [0, 0.05) is 18.0 Å². The minimum absolute atomic E-state index is 0.00199. The zero-order chi connectivity index (χ0) is 21.7. The van der Waals surface area contributed by atoms with Crippen LogP contribution in [0.15, 0.2) is 12.1 Å². The smallest absolute Gasteiger partial charge is 0.314 e. The maximum Gasteiger partial charge on any atom is 0.314 e. The number of esters is 1. The number of hydrogen-bond acceptors (Lipinski definition) is 5. The van der Waals surface area contributed by atoms with Gasteiger partial charge in [-0.15, -0.1) is 0 Å². The van der Waals surface area contributed by atoms with Crippen LogP contribution in [0.1, 0.15) is 75.3 Å². The largest absolute Gasteiger partial charge is 0.485 e. The second-order valence-electron chi connectivity index (χ2n) is 11.0. The molecular formula is C26H31NO5. The van der Waals surface area contributed by atoms with Crippen LogP contribution in [0.5, 0.6) is 11.5 Å². The molecule has 4 aliphatic carbocycles. The van der Waals surface area contributed by atoms with Gasteiger partial charge in [0.25, 0.3) is 0 Å². The van der Waals surface area contributed by atoms with E-state index >= 15 is 0 Å². The summed E-state index contributed by atoms with van der Waals surface area (Å²) in [6.07, 6.45) is 9.67. The first kappa shape index (κ1) is 19.4. The highest BCUT2D eigenvalue weighted by Crippen LogP contribution is 2.65. The Morgan fingerprint density at radius 2 is 1.81 bits per heavy atom. The molecule has 6 nitrogen and oxygen atoms in total. The van der Waals surface area contributed by atoms with E-state index < -0.39 is 11.0 Å². The molecular weight excluding hydrogens is 406 g/mol. The molecule has 1 N–H and O–H groups in total. The first-order chi connectivity index (χ1) is 15.5. The molecule has 170 valence electrons. The van der Waals surface area contributed by atoms with Gasteiger partial charge >= 0.3 is 5.97 Å². The van der Waals surface area contributed by atoms with Gasteiger partial charge in [0.05, 0.1) is 23.0 Å². The van der Waals surface area contributed by atoms with Gasteiger partial charge in [-0.2, -0.15) is 0 Å². The van der Waals surface area contributed by atoms with Crippen LogP contribution in [-0.2, 0) is 21.4 Å². The van der Waals surface area contributed by atoms with Crippen LogP contribution in [0.25, 0.3) is 0 Å². The van der Waals surface area contributed by atoms with Crippen LogP contribution >= 0.6 is 0 Å². The molecule has 7 rings (SSSR count). The van der Waals surface area contributed by atoms with Crippen LogP contribution < -0.4 is 9.47 Å². The molecule has 32 heavy (non-hydrogen) atoms. The summed E-state index contributed by atoms with van der Waals surface area (Å²) >= 11 is 0. The Kier molecular flexibility index (Phi) is 3.94. The van der Waals surface area contributed by atoms with E-state index in [1.165, 1.54) is 0 Å². The van der Waals surface area contributed by atoms with Crippen molar-refractivity contribution in [3.8, 4) is 11.5 Å². The Morgan fingerprint density at radius 3 is 2.53 bits per heavy atom. The normalized spacial score (nSPS) is 37.1. The lowest BCUT2D eigenvalue weighted by Gasteiger charge is -2.63. The number of carbonyl (C=O) groups excluding carboxylic acids is 2. The number of benzene rings is 1. The molecule has 1 aromatic carbocycles. The van der Waals surface area contributed by atoms with Gasteiger partial charge in [0.15, 0.2) is 11.5 Å². The van der Waals surface area contributed by atoms with Crippen molar-refractivity contribution < 1.29 is 24.2 Å². The third kappa shape index (κ3) is 2.25. The third-order valence-corrected chi connectivity index (χ3v) is 9.73. The number of likely N-dealkylation sites (tertiary alicyclic amines) is 1. The average Bonchev–Trinajstić information content (AvgIpc) is 3.01. The maximum atomic E-state index is 13.3. The molecule has 2 bridgehead atoms. The molecule has 0 radical (unpaired) electrons. The number of hydrogen-bond donors (Lipinski definition) is 1. The van der Waals surface area contributed by atoms with Crippen LogP contribution in [0.4, 0.5) is 0 Å². The fourth-order valence-corrected chi connectivity index (χ4v) is 7.60. The zero-order valence-electron chi connectivity index (χ0n) is 18.5. The molecule has 1 spiro atoms. The number of carbonyl (C=O) groups is 2. The lowest BCUT2D eigenvalue weighted by molar-refractivity contribution is -0.194. The molecule has 1 amide bonds. The van der Waals surface area contributed by atoms with Crippen molar-refractivity contribution in [3.63, 3.8) is 0 Å². The summed E-state index contributed by atoms with van der Waals surface area (Å²) in [6, 6.07) is 3.73. The summed E-state index contributed by atoms with van der Waals surface area (Å²) in [4.78, 5) is 27.9. The van der Waals surface area contributed by atoms with Crippen molar-refractivity contribution in [1.82, 2.24) is 4.90 Å². The summed E-state index contributed by atoms with van der Waals surface area (Å²) in [5, 5.41) is 12.3. The molecule has 2 aliphatic heterocycles. The molecule has 4 atom stereocenters. The van der Waals surface area contributed by atoms with Crippen molar-refractivity contribution in [3.05, 3.63) is 23.3 Å². The van der Waals surface area contributed by atoms with Gasteiger partial charge in [-0.1, -0.05) is 18.9 Å². The van der Waals surface area contributed by atoms with E-state index in [0.29, 0.717) is 37.3 Å². The fraction of sp³-hybridized carbons (Fsp3) is 0.692. The molecule has 3 saturated carbocycles. The predicted molar refractivity (Wildman–Crippen MR) is 115 cm³/mol. The zero-order valence-corrected chi connectivity index (χ0v) is 18.5. The number of amides is 1. The number of nitrogens with zero attached hydrogens (tertiary/aromatic N) is 1. The van der Waals surface area contributed by atoms with Gasteiger partial charge in [-0.25, -0.2) is 0 Å². The van der Waals surface area contributed by atoms with Gasteiger partial charge in [0.2, 0.25) is 5.91 Å². The van der Waals surface area contributed by atoms with Crippen molar-refractivity contribution in [2.24, 2.45) is 11.8 Å². The summed E-state index contributed by atoms with van der Waals surface area (Å²) < 4.78 is 12.4. The summed E-state index contributed by atoms with van der Waals surface area (Å²) in [7, 11) is 0. The number of piperidine rings is 1. The minimum Gasteiger partial charge on any atom is -0.485 e. The average molecular weight is 438 g/mol. The van der Waals surface area contributed by atoms with Crippen molar-refractivity contribution >= 4 is 11.9 Å². The molecule has 1 aromatic rings. The second kappa shape index (κ2) is 6.49. The molecule has 4 fully saturated rings. The fourth-order valence-electron chi connectivity index (χ4n) is 7.60. The Hall–Kier alpha value is -2.08. The van der Waals surface area contributed by atoms with Gasteiger partial charge in [0.1, 0.15) is 6.10 Å². The van der Waals surface area contributed by atoms with Gasteiger partial charge in [-0.3, -0.25) is 9.59 Å². The van der Waals surface area contributed by atoms with Gasteiger partial charge < -0.3 is 19.5 Å². The Bertz CT molecular complexity index is 1010. The highest BCUT2D eigenvalue weighted by Gasteiger charge is 2.71. The van der Waals surface area contributed by atoms with Crippen LogP contribution in [-0.4, -0.2) is 46.2 Å². The standard InChI is InChI=1S/C26H31NO5/c28-23(15-4-1-5-15)27-13-12-25-20-8-3-11-26(25,30)19(27)14-17-9-10-18(22(32-20)21(17)25)31-24(29)16-6-2-7-16/h9-10,15-16,19-20,30H,1-8,11-14H2. The predicted octanol–water partition coefficient (Wildman–Crippen LogP) is 3.26. The Labute approximate surface area is 188 Å². The van der Waals surface area contributed by atoms with Gasteiger partial charge in [-0.05, 0) is 69.4 Å². The molecule has 1 saturated heterocycles. The van der Waals surface area contributed by atoms with E-state index in [2.05, 4.69) is 0 Å². The molecule has 6 heteroatoms. The quantitative estimate of drug-likeness (QED) is 0.580. The topological polar surface area (TPSA) is 76.1 Å². The third-order valence-electron chi connectivity index (χ3n) is 9.73. The maximum absolute atomic E-state index is 13.3. The molecule has 2 heterocycles. The summed E-state index contributed by atoms with van der Waals surface area (Å²) in [5.74, 6) is 1.41. The molecule has 4 unspecified atom stereocenters. The monoisotopic (exact) mass is 437 g/mol. The number of rotatable bonds is 3. The van der Waals surface area contributed by atoms with Crippen LogP contribution in [0.3, 0.4) is 0 Å². The van der Waals surface area contributed by atoms with E-state index in [-0.39, 0.29) is 35.9 Å². The SMILES string of the molecule is O=C(Oc1ccc2c3c1OC1CCCC4(O)C(C2)N(C(=O)C2CCC2)CCC314)C1CCC1. The second-order valence-corrected chi connectivity index (χ2v) is 11.0. The minimum atomic E-state index is -0.984. The van der Waals surface area contributed by atoms with E-state index in [0.717, 1.165) is 62.5 Å². The highest BCUT2D eigenvalue weighted by atomic mass is 16.6. The highest BCUT2D eigenvalue weighted by molar-refractivity contribution is 5.81. The van der Waals surface area contributed by atoms with Crippen LogP contribution in [0, 0.1) is 11.8 Å². The Balaban J connectivity index is 1.32. The summed E-state index contributed by atoms with van der Waals surface area (Å²) in [6.45, 7) is 0.674. The lowest BCUT2D eigenvalue weighted by Crippen LogP contribution is -2.76. The lowest BCUT2D eigenvalue weighted by atomic mass is 9.49. The molecule has 6 aliphatic rings. The van der Waals surface area contributed by atoms with Crippen molar-refractivity contribution in [2.45, 2.75) is 93.8 Å². The van der Waals surface area contributed by atoms with Crippen molar-refractivity contribution in [1.29, 1.82) is 0 Å². The number of ether oxygens (including phenoxy) is 2. The first-order valence-corrected chi connectivity index (χ1v) is 12.6. The molecule has 0 aromatic heterocycles. The van der Waals surface area contributed by atoms with Crippen LogP contribution in [0.2, 0.25) is 0 Å². The first-order valence-electron chi connectivity index (χ1n) is 12.6. The van der Waals surface area contributed by atoms with E-state index in [4.69, 9.17) is 9.47 Å². The number of aliphatic hydroxyl groups is 1. The van der Waals surface area contributed by atoms with E-state index in [1.807, 2.05) is 17.0 Å². The van der Waals surface area contributed by atoms with Crippen molar-refractivity contribution in [2.75, 3.05) is 6.54 Å². The Morgan fingerprint density at radius 1 is 1.03 bits per heavy atom.